The highest BCUT2D eigenvalue weighted by Crippen LogP contribution is 2.12. The highest BCUT2D eigenvalue weighted by molar-refractivity contribution is 5.40. The quantitative estimate of drug-likeness (QED) is 0.572. The van der Waals surface area contributed by atoms with Gasteiger partial charge in [-0.15, -0.1) is 4.91 Å². The smallest absolute Gasteiger partial charge is 0.108 e. The summed E-state index contributed by atoms with van der Waals surface area (Å²) >= 11 is 0. The lowest BCUT2D eigenvalue weighted by atomic mass is 10.2. The van der Waals surface area contributed by atoms with Gasteiger partial charge in [-0.3, -0.25) is 0 Å². The van der Waals surface area contributed by atoms with Gasteiger partial charge in [-0.05, 0) is 29.3 Å². The Morgan fingerprint density at radius 1 is 1.30 bits per heavy atom. The number of hydrogen-bond acceptors (Lipinski definition) is 2. The molecule has 0 aliphatic heterocycles. The largest absolute Gasteiger partial charge is 0.145 e. The maximum absolute atomic E-state index is 9.95. The van der Waals surface area contributed by atoms with E-state index < -0.39 is 0 Å². The molecule has 0 aliphatic carbocycles. The summed E-state index contributed by atoms with van der Waals surface area (Å²) in [4.78, 5) is 9.95. The zero-order valence-electron chi connectivity index (χ0n) is 5.74. The summed E-state index contributed by atoms with van der Waals surface area (Å²) in [5, 5.41) is 2.78. The Morgan fingerprint density at radius 3 is 2.30 bits per heavy atom. The molecular formula is C8H8NO. The molecule has 1 radical (unpaired) electrons. The molecule has 0 N–H and O–H groups in total. The Bertz CT molecular complexity index is 215. The Kier molecular flexibility index (Phi) is 2.15. The fourth-order valence-electron chi connectivity index (χ4n) is 0.728. The van der Waals surface area contributed by atoms with Crippen LogP contribution in [0.4, 0.5) is 5.69 Å². The molecule has 2 nitrogen and oxygen atoms in total. The minimum absolute atomic E-state index is 0.477. The lowest BCUT2D eigenvalue weighted by Crippen LogP contribution is -1.72. The average Bonchev–Trinajstić information content (AvgIpc) is 2.05. The molecule has 0 spiro atoms. The molecule has 0 aromatic heterocycles. The second-order valence-electron chi connectivity index (χ2n) is 1.97. The predicted molar refractivity (Wildman–Crippen MR) is 41.0 cm³/mol. The van der Waals surface area contributed by atoms with E-state index in [1.807, 2.05) is 25.5 Å². The number of rotatable bonds is 2. The monoisotopic (exact) mass is 134 g/mol. The van der Waals surface area contributed by atoms with Crippen LogP contribution in [0.25, 0.3) is 0 Å². The van der Waals surface area contributed by atoms with Crippen molar-refractivity contribution in [3.63, 3.8) is 0 Å². The molecule has 1 aromatic carbocycles. The molecular weight excluding hydrogens is 126 g/mol. The summed E-state index contributed by atoms with van der Waals surface area (Å²) in [5.74, 6) is 0. The SMILES string of the molecule is C[CH]c1ccc(N=O)cc1. The number of nitrogens with zero attached hydrogens (tertiary/aromatic N) is 1. The van der Waals surface area contributed by atoms with Crippen molar-refractivity contribution >= 4 is 5.69 Å². The van der Waals surface area contributed by atoms with Gasteiger partial charge in [-0.2, -0.15) is 0 Å². The van der Waals surface area contributed by atoms with Crippen molar-refractivity contribution in [1.82, 2.24) is 0 Å². The molecule has 0 fully saturated rings. The Labute approximate surface area is 59.9 Å². The first kappa shape index (κ1) is 6.93. The second kappa shape index (κ2) is 3.11. The van der Waals surface area contributed by atoms with Crippen molar-refractivity contribution in [3.05, 3.63) is 41.2 Å². The van der Waals surface area contributed by atoms with Crippen molar-refractivity contribution in [1.29, 1.82) is 0 Å². The molecule has 0 amide bonds. The molecule has 2 heteroatoms. The van der Waals surface area contributed by atoms with Crippen LogP contribution in [0.5, 0.6) is 0 Å². The molecule has 0 unspecified atom stereocenters. The first-order valence-electron chi connectivity index (χ1n) is 3.09. The van der Waals surface area contributed by atoms with Gasteiger partial charge in [0.2, 0.25) is 0 Å². The summed E-state index contributed by atoms with van der Waals surface area (Å²) in [5.41, 5.74) is 1.58. The molecule has 0 aliphatic rings. The lowest BCUT2D eigenvalue weighted by molar-refractivity contribution is 1.40. The van der Waals surface area contributed by atoms with Gasteiger partial charge < -0.3 is 0 Å². The molecule has 0 heterocycles. The van der Waals surface area contributed by atoms with E-state index in [1.54, 1.807) is 12.1 Å². The third kappa shape index (κ3) is 1.41. The van der Waals surface area contributed by atoms with E-state index in [1.165, 1.54) is 0 Å². The van der Waals surface area contributed by atoms with Crippen molar-refractivity contribution in [2.45, 2.75) is 6.92 Å². The first-order chi connectivity index (χ1) is 4.86. The topological polar surface area (TPSA) is 29.4 Å². The molecule has 0 saturated heterocycles. The highest BCUT2D eigenvalue weighted by Gasteiger charge is 1.89. The second-order valence-corrected chi connectivity index (χ2v) is 1.97. The molecule has 0 saturated carbocycles. The van der Waals surface area contributed by atoms with Crippen LogP contribution in [0.15, 0.2) is 29.4 Å². The number of nitroso groups, excluding NO2 is 1. The molecule has 0 bridgehead atoms. The molecule has 1 aromatic rings. The van der Waals surface area contributed by atoms with Crippen LogP contribution >= 0.6 is 0 Å². The molecule has 0 atom stereocenters. The molecule has 51 valence electrons. The van der Waals surface area contributed by atoms with E-state index in [4.69, 9.17) is 0 Å². The van der Waals surface area contributed by atoms with Crippen molar-refractivity contribution < 1.29 is 0 Å². The van der Waals surface area contributed by atoms with Crippen LogP contribution in [-0.4, -0.2) is 0 Å². The third-order valence-electron chi connectivity index (χ3n) is 1.33. The van der Waals surface area contributed by atoms with E-state index in [9.17, 15) is 4.91 Å². The van der Waals surface area contributed by atoms with Gasteiger partial charge in [0, 0.05) is 0 Å². The van der Waals surface area contributed by atoms with Crippen LogP contribution in [0.2, 0.25) is 0 Å². The predicted octanol–water partition coefficient (Wildman–Crippen LogP) is 2.66. The number of benzene rings is 1. The number of hydrogen-bond donors (Lipinski definition) is 0. The van der Waals surface area contributed by atoms with E-state index in [-0.39, 0.29) is 0 Å². The van der Waals surface area contributed by atoms with E-state index in [2.05, 4.69) is 5.18 Å². The van der Waals surface area contributed by atoms with E-state index >= 15 is 0 Å². The van der Waals surface area contributed by atoms with Crippen molar-refractivity contribution in [3.8, 4) is 0 Å². The van der Waals surface area contributed by atoms with Gasteiger partial charge in [0.25, 0.3) is 0 Å². The van der Waals surface area contributed by atoms with Gasteiger partial charge in [-0.1, -0.05) is 19.1 Å². The Hall–Kier alpha value is -1.18. The van der Waals surface area contributed by atoms with Crippen LogP contribution in [0.3, 0.4) is 0 Å². The zero-order valence-corrected chi connectivity index (χ0v) is 5.74. The van der Waals surface area contributed by atoms with E-state index in [0.717, 1.165) is 5.56 Å². The van der Waals surface area contributed by atoms with Crippen molar-refractivity contribution in [2.75, 3.05) is 0 Å². The van der Waals surface area contributed by atoms with Crippen LogP contribution in [0, 0.1) is 11.3 Å². The van der Waals surface area contributed by atoms with Gasteiger partial charge in [0.05, 0.1) is 0 Å². The van der Waals surface area contributed by atoms with Gasteiger partial charge in [0.15, 0.2) is 0 Å². The summed E-state index contributed by atoms with van der Waals surface area (Å²) in [6.45, 7) is 1.95. The maximum atomic E-state index is 9.95. The van der Waals surface area contributed by atoms with E-state index in [0.29, 0.717) is 5.69 Å². The standard InChI is InChI=1S/C8H8NO/c1-2-7-3-5-8(9-10)6-4-7/h2-6H,1H3. The van der Waals surface area contributed by atoms with Crippen molar-refractivity contribution in [2.24, 2.45) is 5.18 Å². The third-order valence-corrected chi connectivity index (χ3v) is 1.33. The average molecular weight is 134 g/mol. The summed E-state index contributed by atoms with van der Waals surface area (Å²) in [6, 6.07) is 7.11. The van der Waals surface area contributed by atoms with Crippen LogP contribution < -0.4 is 0 Å². The minimum atomic E-state index is 0.477. The summed E-state index contributed by atoms with van der Waals surface area (Å²) < 4.78 is 0. The normalized spacial score (nSPS) is 9.30. The van der Waals surface area contributed by atoms with Gasteiger partial charge in [-0.25, -0.2) is 0 Å². The van der Waals surface area contributed by atoms with Gasteiger partial charge in [0.1, 0.15) is 5.69 Å². The fourth-order valence-corrected chi connectivity index (χ4v) is 0.728. The minimum Gasteiger partial charge on any atom is -0.145 e. The Balaban J connectivity index is 2.90. The maximum Gasteiger partial charge on any atom is 0.108 e. The first-order valence-corrected chi connectivity index (χ1v) is 3.09. The fraction of sp³-hybridized carbons (Fsp3) is 0.125. The lowest BCUT2D eigenvalue weighted by Gasteiger charge is -1.92. The summed E-state index contributed by atoms with van der Waals surface area (Å²) in [6.07, 6.45) is 1.97. The highest BCUT2D eigenvalue weighted by atomic mass is 16.3. The Morgan fingerprint density at radius 2 is 1.90 bits per heavy atom. The van der Waals surface area contributed by atoms with Crippen LogP contribution in [0.1, 0.15) is 12.5 Å². The molecule has 1 rings (SSSR count). The summed E-state index contributed by atoms with van der Waals surface area (Å²) in [7, 11) is 0. The zero-order chi connectivity index (χ0) is 7.40. The molecule has 10 heavy (non-hydrogen) atoms. The van der Waals surface area contributed by atoms with Crippen LogP contribution in [-0.2, 0) is 0 Å². The van der Waals surface area contributed by atoms with Gasteiger partial charge >= 0.3 is 0 Å².